The van der Waals surface area contributed by atoms with E-state index in [-0.39, 0.29) is 0 Å². The van der Waals surface area contributed by atoms with Crippen LogP contribution < -0.4 is 5.32 Å². The van der Waals surface area contributed by atoms with Crippen LogP contribution in [0.15, 0.2) is 6.07 Å². The molecule has 0 aromatic carbocycles. The summed E-state index contributed by atoms with van der Waals surface area (Å²) in [6.45, 7) is 8.37. The van der Waals surface area contributed by atoms with Crippen molar-refractivity contribution in [2.45, 2.75) is 52.5 Å². The molecule has 1 aromatic heterocycles. The summed E-state index contributed by atoms with van der Waals surface area (Å²) in [5, 5.41) is 3.40. The molecule has 0 aliphatic heterocycles. The van der Waals surface area contributed by atoms with E-state index in [1.807, 2.05) is 13.0 Å². The predicted molar refractivity (Wildman–Crippen MR) is 73.9 cm³/mol. The van der Waals surface area contributed by atoms with Crippen LogP contribution in [0.2, 0.25) is 0 Å². The minimum Gasteiger partial charge on any atom is -0.368 e. The van der Waals surface area contributed by atoms with Crippen molar-refractivity contribution >= 4 is 17.4 Å². The van der Waals surface area contributed by atoms with Gasteiger partial charge in [-0.05, 0) is 26.7 Å². The minimum absolute atomic E-state index is 0.355. The van der Waals surface area contributed by atoms with Gasteiger partial charge in [0.05, 0.1) is 0 Å². The molecule has 0 amide bonds. The van der Waals surface area contributed by atoms with Gasteiger partial charge in [-0.1, -0.05) is 13.8 Å². The van der Waals surface area contributed by atoms with Gasteiger partial charge in [-0.3, -0.25) is 0 Å². The third-order valence-electron chi connectivity index (χ3n) is 2.55. The maximum absolute atomic E-state index is 5.69. The number of nitrogens with one attached hydrogen (secondary N) is 1. The molecule has 0 saturated heterocycles. The van der Waals surface area contributed by atoms with Gasteiger partial charge in [0.25, 0.3) is 0 Å². The number of aryl methyl sites for hydroxylation is 1. The quantitative estimate of drug-likeness (QED) is 0.787. The van der Waals surface area contributed by atoms with Crippen LogP contribution in [0.4, 0.5) is 5.82 Å². The highest BCUT2D eigenvalue weighted by Crippen LogP contribution is 2.15. The van der Waals surface area contributed by atoms with E-state index in [0.717, 1.165) is 30.2 Å². The zero-order valence-corrected chi connectivity index (χ0v) is 11.9. The Morgan fingerprint density at radius 2 is 2.00 bits per heavy atom. The third kappa shape index (κ3) is 4.90. The van der Waals surface area contributed by atoms with Crippen molar-refractivity contribution in [1.82, 2.24) is 9.97 Å². The Morgan fingerprint density at radius 3 is 2.59 bits per heavy atom. The van der Waals surface area contributed by atoms with Crippen molar-refractivity contribution in [3.05, 3.63) is 17.6 Å². The second-order valence-corrected chi connectivity index (χ2v) is 5.16. The summed E-state index contributed by atoms with van der Waals surface area (Å²) in [6.07, 6.45) is 2.08. The summed E-state index contributed by atoms with van der Waals surface area (Å²) < 4.78 is 0. The maximum atomic E-state index is 5.69. The van der Waals surface area contributed by atoms with Crippen LogP contribution in [0.3, 0.4) is 0 Å². The lowest BCUT2D eigenvalue weighted by molar-refractivity contribution is 0.685. The molecule has 0 saturated carbocycles. The Labute approximate surface area is 109 Å². The molecule has 1 rings (SSSR count). The average molecular weight is 256 g/mol. The van der Waals surface area contributed by atoms with E-state index in [9.17, 15) is 0 Å². The first kappa shape index (κ1) is 14.2. The molecule has 96 valence electrons. The first-order valence-electron chi connectivity index (χ1n) is 6.21. The molecule has 17 heavy (non-hydrogen) atoms. The molecule has 0 fully saturated rings. The molecule has 0 radical (unpaired) electrons. The molecule has 0 aliphatic rings. The fraction of sp³-hybridized carbons (Fsp3) is 0.692. The van der Waals surface area contributed by atoms with Gasteiger partial charge in [0.2, 0.25) is 0 Å². The van der Waals surface area contributed by atoms with E-state index in [0.29, 0.717) is 17.8 Å². The summed E-state index contributed by atoms with van der Waals surface area (Å²) >= 11 is 5.69. The van der Waals surface area contributed by atoms with E-state index in [1.54, 1.807) is 0 Å². The van der Waals surface area contributed by atoms with E-state index in [2.05, 4.69) is 36.1 Å². The molecule has 4 heteroatoms. The van der Waals surface area contributed by atoms with Gasteiger partial charge in [0, 0.05) is 29.6 Å². The van der Waals surface area contributed by atoms with Crippen molar-refractivity contribution in [3.8, 4) is 0 Å². The van der Waals surface area contributed by atoms with Crippen molar-refractivity contribution in [2.75, 3.05) is 11.2 Å². The summed E-state index contributed by atoms with van der Waals surface area (Å²) in [7, 11) is 0. The number of halogens is 1. The molecule has 1 N–H and O–H groups in total. The number of aromatic nitrogens is 2. The maximum Gasteiger partial charge on any atom is 0.133 e. The van der Waals surface area contributed by atoms with Crippen LogP contribution in [0.1, 0.15) is 51.0 Å². The third-order valence-corrected chi connectivity index (χ3v) is 2.82. The number of rotatable bonds is 6. The standard InChI is InChI=1S/C13H22ClN3/c1-9(2)13-16-11(4)8-12(17-13)15-10(3)6-5-7-14/h8-10H,5-7H2,1-4H3,(H,15,16,17). The number of hydrogen-bond donors (Lipinski definition) is 1. The lowest BCUT2D eigenvalue weighted by Crippen LogP contribution is -2.17. The molecule has 0 spiro atoms. The van der Waals surface area contributed by atoms with Crippen molar-refractivity contribution in [2.24, 2.45) is 0 Å². The number of alkyl halides is 1. The Bertz CT molecular complexity index is 353. The summed E-state index contributed by atoms with van der Waals surface area (Å²) in [5.41, 5.74) is 1.01. The average Bonchev–Trinajstić information content (AvgIpc) is 2.25. The van der Waals surface area contributed by atoms with E-state index in [1.165, 1.54) is 0 Å². The summed E-state index contributed by atoms with van der Waals surface area (Å²) in [6, 6.07) is 2.38. The van der Waals surface area contributed by atoms with Crippen molar-refractivity contribution in [3.63, 3.8) is 0 Å². The second kappa shape index (κ2) is 6.80. The van der Waals surface area contributed by atoms with Gasteiger partial charge >= 0.3 is 0 Å². The molecule has 1 aromatic rings. The monoisotopic (exact) mass is 255 g/mol. The fourth-order valence-corrected chi connectivity index (χ4v) is 1.79. The highest BCUT2D eigenvalue weighted by Gasteiger charge is 2.08. The van der Waals surface area contributed by atoms with Gasteiger partial charge in [0.15, 0.2) is 0 Å². The largest absolute Gasteiger partial charge is 0.368 e. The van der Waals surface area contributed by atoms with E-state index < -0.39 is 0 Å². The van der Waals surface area contributed by atoms with Crippen LogP contribution in [-0.4, -0.2) is 21.9 Å². The SMILES string of the molecule is Cc1cc(NC(C)CCCCl)nc(C(C)C)n1. The summed E-state index contributed by atoms with van der Waals surface area (Å²) in [4.78, 5) is 8.96. The Balaban J connectivity index is 2.70. The molecule has 3 nitrogen and oxygen atoms in total. The molecule has 1 unspecified atom stereocenters. The van der Waals surface area contributed by atoms with Gasteiger partial charge in [0.1, 0.15) is 11.6 Å². The van der Waals surface area contributed by atoms with E-state index >= 15 is 0 Å². The molecule has 0 bridgehead atoms. The minimum atomic E-state index is 0.355. The number of nitrogens with zero attached hydrogens (tertiary/aromatic N) is 2. The van der Waals surface area contributed by atoms with Crippen molar-refractivity contribution < 1.29 is 0 Å². The lowest BCUT2D eigenvalue weighted by atomic mass is 10.2. The number of anilines is 1. The van der Waals surface area contributed by atoms with Crippen LogP contribution in [0.5, 0.6) is 0 Å². The van der Waals surface area contributed by atoms with Gasteiger partial charge < -0.3 is 5.32 Å². The normalized spacial score (nSPS) is 12.8. The summed E-state index contributed by atoms with van der Waals surface area (Å²) in [5.74, 6) is 2.89. The second-order valence-electron chi connectivity index (χ2n) is 4.78. The van der Waals surface area contributed by atoms with Crippen LogP contribution >= 0.6 is 11.6 Å². The highest BCUT2D eigenvalue weighted by molar-refractivity contribution is 6.17. The van der Waals surface area contributed by atoms with Crippen molar-refractivity contribution in [1.29, 1.82) is 0 Å². The van der Waals surface area contributed by atoms with Gasteiger partial charge in [-0.15, -0.1) is 11.6 Å². The molecular weight excluding hydrogens is 234 g/mol. The molecule has 0 aliphatic carbocycles. The van der Waals surface area contributed by atoms with Crippen LogP contribution in [0, 0.1) is 6.92 Å². The zero-order valence-electron chi connectivity index (χ0n) is 11.1. The van der Waals surface area contributed by atoms with Crippen LogP contribution in [0.25, 0.3) is 0 Å². The van der Waals surface area contributed by atoms with E-state index in [4.69, 9.17) is 11.6 Å². The lowest BCUT2D eigenvalue weighted by Gasteiger charge is -2.15. The Kier molecular flexibility index (Phi) is 5.69. The van der Waals surface area contributed by atoms with Gasteiger partial charge in [-0.25, -0.2) is 9.97 Å². The molecule has 1 heterocycles. The van der Waals surface area contributed by atoms with Gasteiger partial charge in [-0.2, -0.15) is 0 Å². The van der Waals surface area contributed by atoms with Crippen LogP contribution in [-0.2, 0) is 0 Å². The predicted octanol–water partition coefficient (Wildman–Crippen LogP) is 3.73. The fourth-order valence-electron chi connectivity index (χ4n) is 1.63. The first-order chi connectivity index (χ1) is 8.02. The molecular formula is C13H22ClN3. The Morgan fingerprint density at radius 1 is 1.29 bits per heavy atom. The smallest absolute Gasteiger partial charge is 0.133 e. The Hall–Kier alpha value is -0.830. The first-order valence-corrected chi connectivity index (χ1v) is 6.74. The topological polar surface area (TPSA) is 37.8 Å². The zero-order chi connectivity index (χ0) is 12.8. The molecule has 1 atom stereocenters. The number of hydrogen-bond acceptors (Lipinski definition) is 3. The highest BCUT2D eigenvalue weighted by atomic mass is 35.5.